The minimum Gasteiger partial charge on any atom is -0.413 e. The number of nitrogens with zero attached hydrogens (tertiary/aromatic N) is 4. The SMILES string of the molecule is Clc1c[nH]c(-c2nnc(-c3csc(N4CCOCC4)n3)o2)c1. The molecule has 9 heteroatoms. The van der Waals surface area contributed by atoms with Crippen LogP contribution in [0.3, 0.4) is 0 Å². The van der Waals surface area contributed by atoms with Gasteiger partial charge >= 0.3 is 0 Å². The summed E-state index contributed by atoms with van der Waals surface area (Å²) >= 11 is 7.44. The molecule has 4 rings (SSSR count). The molecule has 22 heavy (non-hydrogen) atoms. The van der Waals surface area contributed by atoms with Gasteiger partial charge in [-0.2, -0.15) is 0 Å². The molecule has 1 aliphatic rings. The molecule has 1 aliphatic heterocycles. The summed E-state index contributed by atoms with van der Waals surface area (Å²) in [7, 11) is 0. The molecule has 4 heterocycles. The van der Waals surface area contributed by atoms with Gasteiger partial charge in [0.2, 0.25) is 0 Å². The third-order valence-corrected chi connectivity index (χ3v) is 4.42. The Labute approximate surface area is 134 Å². The molecule has 0 atom stereocenters. The van der Waals surface area contributed by atoms with Crippen molar-refractivity contribution in [2.75, 3.05) is 31.2 Å². The van der Waals surface area contributed by atoms with E-state index in [2.05, 4.69) is 25.1 Å². The normalized spacial score (nSPS) is 15.4. The van der Waals surface area contributed by atoms with Crippen LogP contribution in [0.5, 0.6) is 0 Å². The number of ether oxygens (including phenoxy) is 1. The molecular weight excluding hydrogens is 326 g/mol. The molecule has 0 radical (unpaired) electrons. The zero-order valence-corrected chi connectivity index (χ0v) is 13.0. The number of nitrogens with one attached hydrogen (secondary N) is 1. The van der Waals surface area contributed by atoms with E-state index in [4.69, 9.17) is 20.8 Å². The largest absolute Gasteiger partial charge is 0.413 e. The molecule has 0 aromatic carbocycles. The third-order valence-electron chi connectivity index (χ3n) is 3.30. The lowest BCUT2D eigenvalue weighted by atomic mass is 10.4. The molecule has 0 unspecified atom stereocenters. The lowest BCUT2D eigenvalue weighted by Crippen LogP contribution is -2.36. The summed E-state index contributed by atoms with van der Waals surface area (Å²) in [6.45, 7) is 3.16. The topological polar surface area (TPSA) is 80.1 Å². The summed E-state index contributed by atoms with van der Waals surface area (Å²) in [5.74, 6) is 0.791. The Hall–Kier alpha value is -1.90. The van der Waals surface area contributed by atoms with Crippen LogP contribution in [0.4, 0.5) is 5.13 Å². The molecule has 0 bridgehead atoms. The van der Waals surface area contributed by atoms with Crippen molar-refractivity contribution >= 4 is 28.1 Å². The van der Waals surface area contributed by atoms with Crippen LogP contribution in [-0.4, -0.2) is 46.5 Å². The Balaban J connectivity index is 1.57. The Kier molecular flexibility index (Phi) is 3.57. The van der Waals surface area contributed by atoms with Crippen molar-refractivity contribution in [3.63, 3.8) is 0 Å². The molecule has 1 fully saturated rings. The number of thiazole rings is 1. The minimum absolute atomic E-state index is 0.392. The summed E-state index contributed by atoms with van der Waals surface area (Å²) in [4.78, 5) is 9.74. The second-order valence-corrected chi connectivity index (χ2v) is 6.03. The molecule has 0 amide bonds. The van der Waals surface area contributed by atoms with Crippen molar-refractivity contribution in [2.45, 2.75) is 0 Å². The maximum atomic E-state index is 5.88. The van der Waals surface area contributed by atoms with Crippen molar-refractivity contribution in [2.24, 2.45) is 0 Å². The lowest BCUT2D eigenvalue weighted by Gasteiger charge is -2.25. The predicted octanol–water partition coefficient (Wildman–Crippen LogP) is 2.68. The van der Waals surface area contributed by atoms with E-state index < -0.39 is 0 Å². The summed E-state index contributed by atoms with van der Waals surface area (Å²) in [5, 5.41) is 11.5. The number of hydrogen-bond acceptors (Lipinski definition) is 7. The first kappa shape index (κ1) is 13.7. The van der Waals surface area contributed by atoms with E-state index in [0.29, 0.717) is 28.2 Å². The Bertz CT molecular complexity index is 777. The highest BCUT2D eigenvalue weighted by atomic mass is 35.5. The van der Waals surface area contributed by atoms with Crippen LogP contribution in [0.2, 0.25) is 5.02 Å². The minimum atomic E-state index is 0.392. The van der Waals surface area contributed by atoms with Crippen LogP contribution < -0.4 is 4.90 Å². The van der Waals surface area contributed by atoms with Crippen LogP contribution in [-0.2, 0) is 4.74 Å². The quantitative estimate of drug-likeness (QED) is 0.791. The number of halogens is 1. The molecule has 0 aliphatic carbocycles. The summed E-state index contributed by atoms with van der Waals surface area (Å²) in [6.07, 6.45) is 1.67. The Morgan fingerprint density at radius 2 is 2.05 bits per heavy atom. The van der Waals surface area contributed by atoms with Crippen molar-refractivity contribution < 1.29 is 9.15 Å². The van der Waals surface area contributed by atoms with Gasteiger partial charge in [-0.15, -0.1) is 21.5 Å². The molecule has 1 saturated heterocycles. The molecule has 3 aromatic rings. The van der Waals surface area contributed by atoms with E-state index in [1.165, 1.54) is 0 Å². The maximum Gasteiger partial charge on any atom is 0.267 e. The highest BCUT2D eigenvalue weighted by Gasteiger charge is 2.18. The predicted molar refractivity (Wildman–Crippen MR) is 83.2 cm³/mol. The van der Waals surface area contributed by atoms with Crippen LogP contribution in [0.15, 0.2) is 22.1 Å². The zero-order chi connectivity index (χ0) is 14.9. The van der Waals surface area contributed by atoms with Gasteiger partial charge in [-0.1, -0.05) is 11.6 Å². The highest BCUT2D eigenvalue weighted by molar-refractivity contribution is 7.14. The zero-order valence-electron chi connectivity index (χ0n) is 11.5. The van der Waals surface area contributed by atoms with Crippen LogP contribution in [0.1, 0.15) is 0 Å². The van der Waals surface area contributed by atoms with Gasteiger partial charge < -0.3 is 19.0 Å². The van der Waals surface area contributed by atoms with Crippen LogP contribution >= 0.6 is 22.9 Å². The van der Waals surface area contributed by atoms with E-state index in [9.17, 15) is 0 Å². The fraction of sp³-hybridized carbons (Fsp3) is 0.308. The monoisotopic (exact) mass is 337 g/mol. The number of aromatic nitrogens is 4. The first-order valence-electron chi connectivity index (χ1n) is 6.76. The fourth-order valence-electron chi connectivity index (χ4n) is 2.19. The van der Waals surface area contributed by atoms with Gasteiger partial charge in [0.15, 0.2) is 5.13 Å². The number of aromatic amines is 1. The number of morpholine rings is 1. The Morgan fingerprint density at radius 3 is 2.82 bits per heavy atom. The first-order chi connectivity index (χ1) is 10.8. The van der Waals surface area contributed by atoms with E-state index >= 15 is 0 Å². The van der Waals surface area contributed by atoms with Crippen LogP contribution in [0.25, 0.3) is 23.2 Å². The van der Waals surface area contributed by atoms with Gasteiger partial charge in [-0.3, -0.25) is 0 Å². The fourth-order valence-corrected chi connectivity index (χ4v) is 3.21. The second-order valence-electron chi connectivity index (χ2n) is 4.76. The van der Waals surface area contributed by atoms with E-state index in [-0.39, 0.29) is 0 Å². The van der Waals surface area contributed by atoms with Crippen molar-refractivity contribution in [1.82, 2.24) is 20.2 Å². The second kappa shape index (κ2) is 5.71. The average Bonchev–Trinajstić information content (AvgIpc) is 3.27. The van der Waals surface area contributed by atoms with E-state index in [1.54, 1.807) is 23.6 Å². The molecule has 3 aromatic heterocycles. The molecule has 0 spiro atoms. The van der Waals surface area contributed by atoms with Crippen LogP contribution in [0, 0.1) is 0 Å². The molecular formula is C13H12ClN5O2S. The molecule has 1 N–H and O–H groups in total. The maximum absolute atomic E-state index is 5.88. The van der Waals surface area contributed by atoms with Gasteiger partial charge in [-0.05, 0) is 6.07 Å². The first-order valence-corrected chi connectivity index (χ1v) is 8.02. The number of hydrogen-bond donors (Lipinski definition) is 1. The van der Waals surface area contributed by atoms with E-state index in [0.717, 1.165) is 31.4 Å². The average molecular weight is 338 g/mol. The third kappa shape index (κ3) is 2.60. The van der Waals surface area contributed by atoms with Gasteiger partial charge in [-0.25, -0.2) is 4.98 Å². The molecule has 114 valence electrons. The summed E-state index contributed by atoms with van der Waals surface area (Å²) in [6, 6.07) is 1.74. The van der Waals surface area contributed by atoms with Gasteiger partial charge in [0.25, 0.3) is 11.8 Å². The Morgan fingerprint density at radius 1 is 1.23 bits per heavy atom. The number of rotatable bonds is 3. The molecule has 7 nitrogen and oxygen atoms in total. The van der Waals surface area contributed by atoms with Crippen molar-refractivity contribution in [3.05, 3.63) is 22.7 Å². The van der Waals surface area contributed by atoms with Gasteiger partial charge in [0, 0.05) is 24.7 Å². The summed E-state index contributed by atoms with van der Waals surface area (Å²) in [5.41, 5.74) is 1.37. The van der Waals surface area contributed by atoms with Crippen molar-refractivity contribution in [1.29, 1.82) is 0 Å². The smallest absolute Gasteiger partial charge is 0.267 e. The van der Waals surface area contributed by atoms with Gasteiger partial charge in [0.1, 0.15) is 11.4 Å². The number of anilines is 1. The standard InChI is InChI=1S/C13H12ClN5O2S/c14-8-5-9(15-6-8)11-17-18-12(21-11)10-7-22-13(16-10)19-1-3-20-4-2-19/h5-7,15H,1-4H2. The lowest BCUT2D eigenvalue weighted by molar-refractivity contribution is 0.122. The van der Waals surface area contributed by atoms with Crippen molar-refractivity contribution in [3.8, 4) is 23.2 Å². The number of H-pyrrole nitrogens is 1. The highest BCUT2D eigenvalue weighted by Crippen LogP contribution is 2.29. The summed E-state index contributed by atoms with van der Waals surface area (Å²) < 4.78 is 11.0. The van der Waals surface area contributed by atoms with Gasteiger partial charge in [0.05, 0.1) is 18.2 Å². The molecule has 0 saturated carbocycles. The van der Waals surface area contributed by atoms with E-state index in [1.807, 2.05) is 5.38 Å².